The summed E-state index contributed by atoms with van der Waals surface area (Å²) in [7, 11) is -2.60. The molecule has 3 aromatic rings. The fourth-order valence-electron chi connectivity index (χ4n) is 2.62. The number of ether oxygens (including phenoxy) is 1. The first-order valence-corrected chi connectivity index (χ1v) is 10.5. The van der Waals surface area contributed by atoms with E-state index in [0.29, 0.717) is 0 Å². The molecule has 0 atom stereocenters. The molecule has 0 unspecified atom stereocenters. The molecular weight excluding hydrogens is 387 g/mol. The van der Waals surface area contributed by atoms with Crippen molar-refractivity contribution in [1.82, 2.24) is 9.71 Å². The molecule has 0 amide bonds. The van der Waals surface area contributed by atoms with Crippen LogP contribution in [0.15, 0.2) is 47.4 Å². The van der Waals surface area contributed by atoms with E-state index in [9.17, 15) is 12.8 Å². The number of sulfonamides is 1. The molecule has 2 aromatic carbocycles. The van der Waals surface area contributed by atoms with Gasteiger partial charge < -0.3 is 4.74 Å². The van der Waals surface area contributed by atoms with Gasteiger partial charge in [-0.25, -0.2) is 22.5 Å². The zero-order chi connectivity index (χ0) is 19.6. The van der Waals surface area contributed by atoms with E-state index in [2.05, 4.69) is 9.71 Å². The summed E-state index contributed by atoms with van der Waals surface area (Å²) < 4.78 is 46.3. The van der Waals surface area contributed by atoms with Crippen molar-refractivity contribution in [3.8, 4) is 16.3 Å². The zero-order valence-corrected chi connectivity index (χ0v) is 16.7. The van der Waals surface area contributed by atoms with Gasteiger partial charge in [0.2, 0.25) is 10.0 Å². The van der Waals surface area contributed by atoms with Crippen molar-refractivity contribution in [2.45, 2.75) is 25.3 Å². The molecule has 0 fully saturated rings. The SMILES string of the molecule is COc1ccc(F)cc1S(=O)(=O)NCc1sc(-c2ccccc2C)nc1C. The highest BCUT2D eigenvalue weighted by Crippen LogP contribution is 2.30. The number of methoxy groups -OCH3 is 1. The highest BCUT2D eigenvalue weighted by molar-refractivity contribution is 7.89. The average Bonchev–Trinajstić information content (AvgIpc) is 3.01. The predicted molar refractivity (Wildman–Crippen MR) is 104 cm³/mol. The van der Waals surface area contributed by atoms with Crippen LogP contribution in [0.3, 0.4) is 0 Å². The van der Waals surface area contributed by atoms with E-state index < -0.39 is 15.8 Å². The highest BCUT2D eigenvalue weighted by atomic mass is 32.2. The standard InChI is InChI=1S/C19H19FN2O3S2/c1-12-6-4-5-7-15(12)19-22-13(2)17(26-19)11-21-27(23,24)18-10-14(20)8-9-16(18)25-3/h4-10,21H,11H2,1-3H3. The van der Waals surface area contributed by atoms with Gasteiger partial charge in [-0.3, -0.25) is 0 Å². The Morgan fingerprint density at radius 2 is 1.93 bits per heavy atom. The Morgan fingerprint density at radius 1 is 1.19 bits per heavy atom. The molecule has 3 rings (SSSR count). The molecule has 0 saturated heterocycles. The smallest absolute Gasteiger partial charge is 0.244 e. The number of aromatic nitrogens is 1. The molecule has 1 N–H and O–H groups in total. The summed E-state index contributed by atoms with van der Waals surface area (Å²) >= 11 is 1.43. The summed E-state index contributed by atoms with van der Waals surface area (Å²) in [4.78, 5) is 5.13. The van der Waals surface area contributed by atoms with Crippen molar-refractivity contribution >= 4 is 21.4 Å². The third-order valence-corrected chi connectivity index (χ3v) is 6.72. The van der Waals surface area contributed by atoms with Gasteiger partial charge in [-0.15, -0.1) is 11.3 Å². The van der Waals surface area contributed by atoms with Crippen LogP contribution in [0, 0.1) is 19.7 Å². The maximum atomic E-state index is 13.5. The molecule has 0 bridgehead atoms. The summed E-state index contributed by atoms with van der Waals surface area (Å²) in [5.74, 6) is -0.558. The number of hydrogen-bond acceptors (Lipinski definition) is 5. The third kappa shape index (κ3) is 4.18. The minimum absolute atomic E-state index is 0.0668. The number of halogens is 1. The molecule has 8 heteroatoms. The normalized spacial score (nSPS) is 11.6. The maximum Gasteiger partial charge on any atom is 0.244 e. The van der Waals surface area contributed by atoms with Crippen molar-refractivity contribution in [3.63, 3.8) is 0 Å². The van der Waals surface area contributed by atoms with Crippen LogP contribution < -0.4 is 9.46 Å². The summed E-state index contributed by atoms with van der Waals surface area (Å²) in [6.07, 6.45) is 0. The van der Waals surface area contributed by atoms with E-state index in [0.717, 1.165) is 38.8 Å². The lowest BCUT2D eigenvalue weighted by molar-refractivity contribution is 0.400. The van der Waals surface area contributed by atoms with Crippen LogP contribution in [0.4, 0.5) is 4.39 Å². The molecule has 0 radical (unpaired) electrons. The second kappa shape index (κ2) is 7.75. The number of hydrogen-bond donors (Lipinski definition) is 1. The molecule has 1 heterocycles. The second-order valence-corrected chi connectivity index (χ2v) is 8.78. The first-order valence-electron chi connectivity index (χ1n) is 8.17. The molecule has 0 aliphatic carbocycles. The molecule has 1 aromatic heterocycles. The van der Waals surface area contributed by atoms with Crippen LogP contribution in [0.2, 0.25) is 0 Å². The van der Waals surface area contributed by atoms with Gasteiger partial charge in [0.15, 0.2) is 0 Å². The fourth-order valence-corrected chi connectivity index (χ4v) is 4.98. The summed E-state index contributed by atoms with van der Waals surface area (Å²) in [5, 5.41) is 0.836. The summed E-state index contributed by atoms with van der Waals surface area (Å²) in [5.41, 5.74) is 2.88. The van der Waals surface area contributed by atoms with Crippen molar-refractivity contribution < 1.29 is 17.5 Å². The Kier molecular flexibility index (Phi) is 5.59. The Bertz CT molecular complexity index is 1080. The van der Waals surface area contributed by atoms with Crippen LogP contribution in [0.1, 0.15) is 16.1 Å². The lowest BCUT2D eigenvalue weighted by Gasteiger charge is -2.10. The number of rotatable bonds is 6. The number of benzene rings is 2. The van der Waals surface area contributed by atoms with Gasteiger partial charge >= 0.3 is 0 Å². The van der Waals surface area contributed by atoms with Crippen molar-refractivity contribution in [1.29, 1.82) is 0 Å². The van der Waals surface area contributed by atoms with Gasteiger partial charge in [0.05, 0.1) is 12.8 Å². The molecule has 0 aliphatic rings. The van der Waals surface area contributed by atoms with Gasteiger partial charge in [0.25, 0.3) is 0 Å². The maximum absolute atomic E-state index is 13.5. The van der Waals surface area contributed by atoms with E-state index in [1.54, 1.807) is 0 Å². The van der Waals surface area contributed by atoms with Gasteiger partial charge in [0.1, 0.15) is 21.5 Å². The molecular formula is C19H19FN2O3S2. The molecule has 27 heavy (non-hydrogen) atoms. The van der Waals surface area contributed by atoms with E-state index in [4.69, 9.17) is 4.74 Å². The molecule has 0 spiro atoms. The Morgan fingerprint density at radius 3 is 2.63 bits per heavy atom. The minimum Gasteiger partial charge on any atom is -0.495 e. The minimum atomic E-state index is -3.94. The van der Waals surface area contributed by atoms with Gasteiger partial charge in [-0.1, -0.05) is 24.3 Å². The zero-order valence-electron chi connectivity index (χ0n) is 15.1. The molecule has 5 nitrogen and oxygen atoms in total. The van der Waals surface area contributed by atoms with Crippen LogP contribution in [0.5, 0.6) is 5.75 Å². The van der Waals surface area contributed by atoms with Crippen molar-refractivity contribution in [2.24, 2.45) is 0 Å². The highest BCUT2D eigenvalue weighted by Gasteiger charge is 2.21. The topological polar surface area (TPSA) is 68.3 Å². The van der Waals surface area contributed by atoms with Crippen LogP contribution in [-0.4, -0.2) is 20.5 Å². The largest absolute Gasteiger partial charge is 0.495 e. The second-order valence-electron chi connectivity index (χ2n) is 5.96. The van der Waals surface area contributed by atoms with Gasteiger partial charge in [-0.05, 0) is 37.6 Å². The molecule has 142 valence electrons. The third-order valence-electron chi connectivity index (χ3n) is 4.11. The van der Waals surface area contributed by atoms with Crippen LogP contribution in [0.25, 0.3) is 10.6 Å². The monoisotopic (exact) mass is 406 g/mol. The first kappa shape index (κ1) is 19.5. The van der Waals surface area contributed by atoms with E-state index in [1.807, 2.05) is 38.1 Å². The average molecular weight is 407 g/mol. The number of nitrogens with zero attached hydrogens (tertiary/aromatic N) is 1. The number of aryl methyl sites for hydroxylation is 2. The lowest BCUT2D eigenvalue weighted by atomic mass is 10.1. The van der Waals surface area contributed by atoms with E-state index >= 15 is 0 Å². The number of nitrogens with one attached hydrogen (secondary N) is 1. The number of thiazole rings is 1. The van der Waals surface area contributed by atoms with Crippen LogP contribution in [-0.2, 0) is 16.6 Å². The van der Waals surface area contributed by atoms with Gasteiger partial charge in [0, 0.05) is 17.0 Å². The first-order chi connectivity index (χ1) is 12.8. The van der Waals surface area contributed by atoms with Gasteiger partial charge in [-0.2, -0.15) is 0 Å². The Labute approximate surface area is 161 Å². The van der Waals surface area contributed by atoms with Crippen LogP contribution >= 0.6 is 11.3 Å². The van der Waals surface area contributed by atoms with Crippen molar-refractivity contribution in [2.75, 3.05) is 7.11 Å². The predicted octanol–water partition coefficient (Wildman–Crippen LogP) is 4.05. The molecule has 0 aliphatic heterocycles. The summed E-state index contributed by atoms with van der Waals surface area (Å²) in [6.45, 7) is 3.91. The van der Waals surface area contributed by atoms with E-state index in [-0.39, 0.29) is 17.2 Å². The fraction of sp³-hybridized carbons (Fsp3) is 0.211. The lowest BCUT2D eigenvalue weighted by Crippen LogP contribution is -2.23. The Hall–Kier alpha value is -2.29. The quantitative estimate of drug-likeness (QED) is 0.670. The molecule has 0 saturated carbocycles. The summed E-state index contributed by atoms with van der Waals surface area (Å²) in [6, 6.07) is 11.3. The Balaban J connectivity index is 1.85. The van der Waals surface area contributed by atoms with E-state index in [1.165, 1.54) is 24.5 Å². The van der Waals surface area contributed by atoms with Crippen molar-refractivity contribution in [3.05, 3.63) is 64.4 Å².